The summed E-state index contributed by atoms with van der Waals surface area (Å²) in [6.45, 7) is 0. The SMILES string of the molecule is Nc1cccc(C(=O)Nc2cncc(Br)c2)c1O. The number of phenolic OH excluding ortho intramolecular Hbond substituents is 1. The third kappa shape index (κ3) is 2.60. The number of hydrogen-bond donors (Lipinski definition) is 3. The summed E-state index contributed by atoms with van der Waals surface area (Å²) in [5.41, 5.74) is 6.33. The fourth-order valence-electron chi connectivity index (χ4n) is 1.42. The minimum atomic E-state index is -0.445. The van der Waals surface area contributed by atoms with Crippen LogP contribution in [0.3, 0.4) is 0 Å². The number of nitrogen functional groups attached to an aromatic ring is 1. The lowest BCUT2D eigenvalue weighted by molar-refractivity contribution is 0.102. The van der Waals surface area contributed by atoms with Gasteiger partial charge in [0, 0.05) is 10.7 Å². The summed E-state index contributed by atoms with van der Waals surface area (Å²) in [6, 6.07) is 6.32. The van der Waals surface area contributed by atoms with Gasteiger partial charge in [-0.3, -0.25) is 9.78 Å². The Labute approximate surface area is 112 Å². The number of nitrogens with zero attached hydrogens (tertiary/aromatic N) is 1. The van der Waals surface area contributed by atoms with Crippen LogP contribution in [0, 0.1) is 0 Å². The van der Waals surface area contributed by atoms with Gasteiger partial charge < -0.3 is 16.2 Å². The summed E-state index contributed by atoms with van der Waals surface area (Å²) in [6.07, 6.45) is 3.11. The van der Waals surface area contributed by atoms with E-state index in [0.29, 0.717) is 5.69 Å². The van der Waals surface area contributed by atoms with Crippen LogP contribution in [-0.4, -0.2) is 16.0 Å². The predicted molar refractivity (Wildman–Crippen MR) is 72.4 cm³/mol. The molecule has 0 aliphatic rings. The first-order chi connectivity index (χ1) is 8.58. The number of phenols is 1. The molecule has 0 unspecified atom stereocenters. The number of aromatic hydroxyl groups is 1. The molecule has 0 radical (unpaired) electrons. The fourth-order valence-corrected chi connectivity index (χ4v) is 1.79. The molecule has 0 fully saturated rings. The molecule has 0 aliphatic carbocycles. The molecule has 1 amide bonds. The third-order valence-electron chi connectivity index (χ3n) is 2.27. The normalized spacial score (nSPS) is 10.1. The highest BCUT2D eigenvalue weighted by Gasteiger charge is 2.13. The summed E-state index contributed by atoms with van der Waals surface area (Å²) in [4.78, 5) is 15.9. The molecule has 0 atom stereocenters. The molecule has 2 aromatic rings. The lowest BCUT2D eigenvalue weighted by atomic mass is 10.1. The number of rotatable bonds is 2. The number of halogens is 1. The Morgan fingerprint density at radius 2 is 2.17 bits per heavy atom. The molecule has 4 N–H and O–H groups in total. The molecule has 1 aromatic heterocycles. The highest BCUT2D eigenvalue weighted by Crippen LogP contribution is 2.25. The van der Waals surface area contributed by atoms with E-state index < -0.39 is 5.91 Å². The van der Waals surface area contributed by atoms with E-state index in [1.54, 1.807) is 18.3 Å². The molecule has 5 nitrogen and oxygen atoms in total. The van der Waals surface area contributed by atoms with E-state index in [0.717, 1.165) is 4.47 Å². The number of nitrogens with one attached hydrogen (secondary N) is 1. The van der Waals surface area contributed by atoms with E-state index in [4.69, 9.17) is 5.73 Å². The number of amides is 1. The van der Waals surface area contributed by atoms with E-state index in [-0.39, 0.29) is 17.0 Å². The molecule has 6 heteroatoms. The van der Waals surface area contributed by atoms with Crippen molar-refractivity contribution in [3.63, 3.8) is 0 Å². The number of benzene rings is 1. The van der Waals surface area contributed by atoms with Gasteiger partial charge in [0.05, 0.1) is 23.1 Å². The Balaban J connectivity index is 2.25. The number of nitrogens with two attached hydrogens (primary N) is 1. The second kappa shape index (κ2) is 5.05. The number of anilines is 2. The first-order valence-corrected chi connectivity index (χ1v) is 5.86. The molecule has 0 bridgehead atoms. The average molecular weight is 308 g/mol. The lowest BCUT2D eigenvalue weighted by Crippen LogP contribution is -2.12. The van der Waals surface area contributed by atoms with Crippen molar-refractivity contribution in [2.45, 2.75) is 0 Å². The average Bonchev–Trinajstić information content (AvgIpc) is 2.32. The third-order valence-corrected chi connectivity index (χ3v) is 2.71. The zero-order valence-electron chi connectivity index (χ0n) is 9.22. The Bertz CT molecular complexity index is 602. The van der Waals surface area contributed by atoms with Crippen LogP contribution in [0.4, 0.5) is 11.4 Å². The van der Waals surface area contributed by atoms with Gasteiger partial charge in [-0.15, -0.1) is 0 Å². The van der Waals surface area contributed by atoms with Crippen molar-refractivity contribution in [3.8, 4) is 5.75 Å². The van der Waals surface area contributed by atoms with Crippen LogP contribution in [-0.2, 0) is 0 Å². The Morgan fingerprint density at radius 1 is 1.39 bits per heavy atom. The van der Waals surface area contributed by atoms with Gasteiger partial charge in [0.1, 0.15) is 0 Å². The van der Waals surface area contributed by atoms with Crippen molar-refractivity contribution in [3.05, 3.63) is 46.7 Å². The predicted octanol–water partition coefficient (Wildman–Crippen LogP) is 2.38. The van der Waals surface area contributed by atoms with Gasteiger partial charge in [-0.25, -0.2) is 0 Å². The highest BCUT2D eigenvalue weighted by atomic mass is 79.9. The van der Waals surface area contributed by atoms with E-state index in [1.165, 1.54) is 18.3 Å². The number of aromatic nitrogens is 1. The molecule has 1 aromatic carbocycles. The lowest BCUT2D eigenvalue weighted by Gasteiger charge is -2.08. The Hall–Kier alpha value is -2.08. The molecule has 18 heavy (non-hydrogen) atoms. The summed E-state index contributed by atoms with van der Waals surface area (Å²) in [7, 11) is 0. The van der Waals surface area contributed by atoms with Crippen LogP contribution in [0.5, 0.6) is 5.75 Å². The van der Waals surface area contributed by atoms with Crippen molar-refractivity contribution in [1.29, 1.82) is 0 Å². The molecule has 0 saturated carbocycles. The summed E-state index contributed by atoms with van der Waals surface area (Å²) in [5.74, 6) is -0.669. The smallest absolute Gasteiger partial charge is 0.259 e. The van der Waals surface area contributed by atoms with Crippen molar-refractivity contribution >= 4 is 33.2 Å². The van der Waals surface area contributed by atoms with Crippen LogP contribution < -0.4 is 11.1 Å². The molecular formula is C12H10BrN3O2. The zero-order valence-corrected chi connectivity index (χ0v) is 10.8. The van der Waals surface area contributed by atoms with Gasteiger partial charge >= 0.3 is 0 Å². The standard InChI is InChI=1S/C12H10BrN3O2/c13-7-4-8(6-15-5-7)16-12(18)9-2-1-3-10(14)11(9)17/h1-6,17H,14H2,(H,16,18). The maximum absolute atomic E-state index is 11.9. The monoisotopic (exact) mass is 307 g/mol. The molecule has 92 valence electrons. The van der Waals surface area contributed by atoms with Crippen molar-refractivity contribution < 1.29 is 9.90 Å². The van der Waals surface area contributed by atoms with Gasteiger partial charge in [0.15, 0.2) is 5.75 Å². The quantitative estimate of drug-likeness (QED) is 0.587. The van der Waals surface area contributed by atoms with Crippen LogP contribution >= 0.6 is 15.9 Å². The largest absolute Gasteiger partial charge is 0.505 e. The molecule has 0 saturated heterocycles. The summed E-state index contributed by atoms with van der Waals surface area (Å²) < 4.78 is 0.747. The fraction of sp³-hybridized carbons (Fsp3) is 0. The van der Waals surface area contributed by atoms with Gasteiger partial charge in [0.2, 0.25) is 0 Å². The summed E-state index contributed by atoms with van der Waals surface area (Å²) in [5, 5.41) is 12.3. The highest BCUT2D eigenvalue weighted by molar-refractivity contribution is 9.10. The van der Waals surface area contributed by atoms with Crippen LogP contribution in [0.25, 0.3) is 0 Å². The molecule has 0 spiro atoms. The van der Waals surface area contributed by atoms with Crippen LogP contribution in [0.2, 0.25) is 0 Å². The number of pyridine rings is 1. The number of hydrogen-bond acceptors (Lipinski definition) is 4. The van der Waals surface area contributed by atoms with Crippen molar-refractivity contribution in [1.82, 2.24) is 4.98 Å². The second-order valence-electron chi connectivity index (χ2n) is 3.59. The Kier molecular flexibility index (Phi) is 3.47. The molecular weight excluding hydrogens is 298 g/mol. The maximum atomic E-state index is 11.9. The van der Waals surface area contributed by atoms with Crippen LogP contribution in [0.15, 0.2) is 41.1 Å². The van der Waals surface area contributed by atoms with Gasteiger partial charge in [-0.2, -0.15) is 0 Å². The van der Waals surface area contributed by atoms with Crippen molar-refractivity contribution in [2.75, 3.05) is 11.1 Å². The van der Waals surface area contributed by atoms with Crippen LogP contribution in [0.1, 0.15) is 10.4 Å². The summed E-state index contributed by atoms with van der Waals surface area (Å²) >= 11 is 3.25. The van der Waals surface area contributed by atoms with Gasteiger partial charge in [-0.1, -0.05) is 6.07 Å². The first kappa shape index (κ1) is 12.4. The van der Waals surface area contributed by atoms with Crippen molar-refractivity contribution in [2.24, 2.45) is 0 Å². The zero-order chi connectivity index (χ0) is 13.1. The maximum Gasteiger partial charge on any atom is 0.259 e. The number of carbonyl (C=O) groups excluding carboxylic acids is 1. The topological polar surface area (TPSA) is 88.2 Å². The molecule has 2 rings (SSSR count). The second-order valence-corrected chi connectivity index (χ2v) is 4.51. The minimum Gasteiger partial charge on any atom is -0.505 e. The molecule has 1 heterocycles. The molecule has 0 aliphatic heterocycles. The van der Waals surface area contributed by atoms with Gasteiger partial charge in [-0.05, 0) is 34.1 Å². The van der Waals surface area contributed by atoms with E-state index >= 15 is 0 Å². The number of para-hydroxylation sites is 1. The van der Waals surface area contributed by atoms with E-state index in [2.05, 4.69) is 26.2 Å². The number of carbonyl (C=O) groups is 1. The van der Waals surface area contributed by atoms with E-state index in [1.807, 2.05) is 0 Å². The van der Waals surface area contributed by atoms with E-state index in [9.17, 15) is 9.90 Å². The Morgan fingerprint density at radius 3 is 2.89 bits per heavy atom. The first-order valence-electron chi connectivity index (χ1n) is 5.07. The van der Waals surface area contributed by atoms with Gasteiger partial charge in [0.25, 0.3) is 5.91 Å². The minimum absolute atomic E-state index is 0.120.